The summed E-state index contributed by atoms with van der Waals surface area (Å²) in [7, 11) is 0. The van der Waals surface area contributed by atoms with Crippen molar-refractivity contribution in [2.45, 2.75) is 46.7 Å². The van der Waals surface area contributed by atoms with Gasteiger partial charge in [-0.05, 0) is 27.2 Å². The lowest BCUT2D eigenvalue weighted by Gasteiger charge is -2.07. The quantitative estimate of drug-likeness (QED) is 0.436. The summed E-state index contributed by atoms with van der Waals surface area (Å²) in [5, 5.41) is 22.5. The molecule has 0 radical (unpaired) electrons. The third-order valence-corrected chi connectivity index (χ3v) is 4.53. The van der Waals surface area contributed by atoms with Crippen LogP contribution in [-0.2, 0) is 17.9 Å². The van der Waals surface area contributed by atoms with E-state index in [1.807, 2.05) is 18.5 Å². The van der Waals surface area contributed by atoms with Crippen molar-refractivity contribution in [3.8, 4) is 0 Å². The van der Waals surface area contributed by atoms with Gasteiger partial charge >= 0.3 is 5.69 Å². The molecule has 1 amide bonds. The van der Waals surface area contributed by atoms with Crippen molar-refractivity contribution in [3.63, 3.8) is 0 Å². The van der Waals surface area contributed by atoms with Gasteiger partial charge in [0.15, 0.2) is 0 Å². The van der Waals surface area contributed by atoms with Crippen molar-refractivity contribution in [3.05, 3.63) is 38.4 Å². The van der Waals surface area contributed by atoms with E-state index < -0.39 is 4.92 Å². The standard InChI is InChI=1S/C15H21ClN6O3/c1-10-15(16)12(3)21(19-10)7-4-6-17-14(23)5-8-20-11(2)13(9-18-20)22(24)25/h9H,4-8H2,1-3H3,(H,17,23). The predicted octanol–water partition coefficient (Wildman–Crippen LogP) is 2.16. The van der Waals surface area contributed by atoms with E-state index in [9.17, 15) is 14.9 Å². The van der Waals surface area contributed by atoms with E-state index in [1.165, 1.54) is 10.9 Å². The molecule has 0 atom stereocenters. The van der Waals surface area contributed by atoms with Gasteiger partial charge in [-0.1, -0.05) is 11.6 Å². The van der Waals surface area contributed by atoms with Crippen molar-refractivity contribution in [2.75, 3.05) is 6.54 Å². The summed E-state index contributed by atoms with van der Waals surface area (Å²) in [6, 6.07) is 0. The van der Waals surface area contributed by atoms with Crippen LogP contribution >= 0.6 is 11.6 Å². The Morgan fingerprint density at radius 3 is 2.56 bits per heavy atom. The minimum atomic E-state index is -0.482. The zero-order valence-corrected chi connectivity index (χ0v) is 15.2. The summed E-state index contributed by atoms with van der Waals surface area (Å²) < 4.78 is 3.30. The van der Waals surface area contributed by atoms with Gasteiger partial charge in [-0.25, -0.2) is 0 Å². The molecule has 0 saturated carbocycles. The van der Waals surface area contributed by atoms with Crippen molar-refractivity contribution < 1.29 is 9.72 Å². The fourth-order valence-electron chi connectivity index (χ4n) is 2.49. The highest BCUT2D eigenvalue weighted by atomic mass is 35.5. The number of halogens is 1. The van der Waals surface area contributed by atoms with E-state index in [1.54, 1.807) is 6.92 Å². The maximum absolute atomic E-state index is 11.9. The van der Waals surface area contributed by atoms with E-state index in [0.29, 0.717) is 30.4 Å². The Morgan fingerprint density at radius 1 is 1.28 bits per heavy atom. The van der Waals surface area contributed by atoms with Gasteiger partial charge in [0.2, 0.25) is 5.91 Å². The summed E-state index contributed by atoms with van der Waals surface area (Å²) in [6.45, 7) is 6.88. The molecule has 2 aromatic heterocycles. The van der Waals surface area contributed by atoms with Gasteiger partial charge in [-0.3, -0.25) is 24.3 Å². The smallest absolute Gasteiger partial charge is 0.309 e. The van der Waals surface area contributed by atoms with Gasteiger partial charge in [0.1, 0.15) is 11.9 Å². The molecule has 0 bridgehead atoms. The molecule has 9 nitrogen and oxygen atoms in total. The largest absolute Gasteiger partial charge is 0.356 e. The second-order valence-corrected chi connectivity index (χ2v) is 6.13. The molecule has 2 rings (SSSR count). The minimum Gasteiger partial charge on any atom is -0.356 e. The summed E-state index contributed by atoms with van der Waals surface area (Å²) in [6.07, 6.45) is 2.15. The van der Waals surface area contributed by atoms with Gasteiger partial charge in [-0.2, -0.15) is 10.2 Å². The minimum absolute atomic E-state index is 0.0380. The summed E-state index contributed by atoms with van der Waals surface area (Å²) in [5.74, 6) is -0.121. The number of hydrogen-bond donors (Lipinski definition) is 1. The normalized spacial score (nSPS) is 10.9. The number of nitrogens with zero attached hydrogens (tertiary/aromatic N) is 5. The molecule has 0 aliphatic rings. The molecule has 0 spiro atoms. The number of rotatable bonds is 8. The molecule has 10 heteroatoms. The van der Waals surface area contributed by atoms with Crippen LogP contribution in [0.15, 0.2) is 6.20 Å². The predicted molar refractivity (Wildman–Crippen MR) is 92.6 cm³/mol. The second kappa shape index (κ2) is 8.11. The number of carbonyl (C=O) groups is 1. The first-order valence-electron chi connectivity index (χ1n) is 7.94. The molecular formula is C15H21ClN6O3. The van der Waals surface area contributed by atoms with Gasteiger partial charge in [0.05, 0.1) is 27.9 Å². The van der Waals surface area contributed by atoms with Crippen molar-refractivity contribution in [1.29, 1.82) is 0 Å². The Bertz CT molecular complexity index is 783. The molecular weight excluding hydrogens is 348 g/mol. The topological polar surface area (TPSA) is 108 Å². The number of amides is 1. The lowest BCUT2D eigenvalue weighted by Crippen LogP contribution is -2.26. The van der Waals surface area contributed by atoms with E-state index in [0.717, 1.165) is 17.8 Å². The Balaban J connectivity index is 1.72. The SMILES string of the molecule is Cc1nn(CCCNC(=O)CCn2ncc([N+](=O)[O-])c2C)c(C)c1Cl. The molecule has 0 aliphatic heterocycles. The number of carbonyl (C=O) groups excluding carboxylic acids is 1. The highest BCUT2D eigenvalue weighted by Gasteiger charge is 2.16. The van der Waals surface area contributed by atoms with Crippen molar-refractivity contribution >= 4 is 23.2 Å². The lowest BCUT2D eigenvalue weighted by molar-refractivity contribution is -0.385. The Morgan fingerprint density at radius 2 is 2.00 bits per heavy atom. The molecule has 0 saturated heterocycles. The van der Waals surface area contributed by atoms with Gasteiger partial charge < -0.3 is 5.32 Å². The molecule has 2 heterocycles. The van der Waals surface area contributed by atoms with Crippen LogP contribution in [0.5, 0.6) is 0 Å². The summed E-state index contributed by atoms with van der Waals surface area (Å²) >= 11 is 6.09. The number of nitrogens with one attached hydrogen (secondary N) is 1. The van der Waals surface area contributed by atoms with Crippen LogP contribution in [0, 0.1) is 30.9 Å². The van der Waals surface area contributed by atoms with Crippen molar-refractivity contribution in [1.82, 2.24) is 24.9 Å². The van der Waals surface area contributed by atoms with Crippen LogP contribution in [0.2, 0.25) is 5.02 Å². The molecule has 0 unspecified atom stereocenters. The van der Waals surface area contributed by atoms with Gasteiger partial charge in [0.25, 0.3) is 0 Å². The number of aromatic nitrogens is 4. The fraction of sp³-hybridized carbons (Fsp3) is 0.533. The average molecular weight is 369 g/mol. The third-order valence-electron chi connectivity index (χ3n) is 3.99. The monoisotopic (exact) mass is 368 g/mol. The average Bonchev–Trinajstić information content (AvgIpc) is 3.05. The molecule has 1 N–H and O–H groups in total. The number of hydrogen-bond acceptors (Lipinski definition) is 5. The Labute approximate surface area is 150 Å². The number of nitro groups is 1. The Hall–Kier alpha value is -2.42. The molecule has 0 fully saturated rings. The summed E-state index contributed by atoms with van der Waals surface area (Å²) in [5.41, 5.74) is 2.12. The molecule has 136 valence electrons. The molecule has 25 heavy (non-hydrogen) atoms. The first kappa shape index (κ1) is 18.9. The van der Waals surface area contributed by atoms with Crippen LogP contribution in [0.25, 0.3) is 0 Å². The zero-order chi connectivity index (χ0) is 18.6. The Kier molecular flexibility index (Phi) is 6.13. The maximum Gasteiger partial charge on any atom is 0.309 e. The third kappa shape index (κ3) is 4.56. The van der Waals surface area contributed by atoms with E-state index in [2.05, 4.69) is 15.5 Å². The van der Waals surface area contributed by atoms with Crippen molar-refractivity contribution in [2.24, 2.45) is 0 Å². The highest BCUT2D eigenvalue weighted by molar-refractivity contribution is 6.31. The van der Waals surface area contributed by atoms with Gasteiger partial charge in [-0.15, -0.1) is 0 Å². The summed E-state index contributed by atoms with van der Waals surface area (Å²) in [4.78, 5) is 22.2. The van der Waals surface area contributed by atoms with Crippen LogP contribution in [0.1, 0.15) is 29.9 Å². The van der Waals surface area contributed by atoms with E-state index >= 15 is 0 Å². The molecule has 2 aromatic rings. The van der Waals surface area contributed by atoms with E-state index in [-0.39, 0.29) is 18.0 Å². The first-order valence-corrected chi connectivity index (χ1v) is 8.32. The van der Waals surface area contributed by atoms with Crippen LogP contribution < -0.4 is 5.32 Å². The van der Waals surface area contributed by atoms with Crippen LogP contribution in [-0.4, -0.2) is 36.9 Å². The first-order chi connectivity index (χ1) is 11.8. The highest BCUT2D eigenvalue weighted by Crippen LogP contribution is 2.19. The van der Waals surface area contributed by atoms with Crippen LogP contribution in [0.3, 0.4) is 0 Å². The van der Waals surface area contributed by atoms with Crippen LogP contribution in [0.4, 0.5) is 5.69 Å². The van der Waals surface area contributed by atoms with E-state index in [4.69, 9.17) is 11.6 Å². The zero-order valence-electron chi connectivity index (χ0n) is 14.5. The molecule has 0 aromatic carbocycles. The fourth-order valence-corrected chi connectivity index (χ4v) is 2.62. The lowest BCUT2D eigenvalue weighted by atomic mass is 10.3. The second-order valence-electron chi connectivity index (χ2n) is 5.76. The maximum atomic E-state index is 11.9. The number of aryl methyl sites for hydroxylation is 3. The van der Waals surface area contributed by atoms with Gasteiger partial charge in [0, 0.05) is 19.5 Å². The molecule has 0 aliphatic carbocycles.